The Morgan fingerprint density at radius 1 is 1.15 bits per heavy atom. The molecule has 2 aliphatic heterocycles. The highest BCUT2D eigenvalue weighted by Crippen LogP contribution is 2.35. The zero-order chi connectivity index (χ0) is 18.2. The molecule has 0 radical (unpaired) electrons. The number of anilines is 1. The number of fused-ring (bicyclic) bond motifs is 2. The molecule has 2 aromatic rings. The van der Waals surface area contributed by atoms with E-state index in [1.165, 1.54) is 0 Å². The van der Waals surface area contributed by atoms with E-state index in [0.29, 0.717) is 12.3 Å². The number of rotatable bonds is 3. The standard InChI is InChI=1S/C20H23N3O4/c24-20(19-15-5-1-2-6-16(15)22-27-19)23-9-3-4-14(11-23)21-13-7-8-17-18(10-13)26-12-25-17/h7-8,10,14,21H,1-6,9,11-12H2. The summed E-state index contributed by atoms with van der Waals surface area (Å²) in [5.74, 6) is 1.96. The molecule has 3 aliphatic rings. The first-order valence-electron chi connectivity index (χ1n) is 9.71. The molecule has 3 heterocycles. The third-order valence-corrected chi connectivity index (χ3v) is 5.61. The summed E-state index contributed by atoms with van der Waals surface area (Å²) in [5, 5.41) is 7.66. The maximum atomic E-state index is 13.0. The summed E-state index contributed by atoms with van der Waals surface area (Å²) in [6, 6.07) is 6.05. The lowest BCUT2D eigenvalue weighted by atomic mass is 9.95. The Kier molecular flexibility index (Phi) is 4.14. The van der Waals surface area contributed by atoms with Gasteiger partial charge in [0.2, 0.25) is 12.6 Å². The highest BCUT2D eigenvalue weighted by molar-refractivity contribution is 5.93. The molecule has 1 fully saturated rings. The first kappa shape index (κ1) is 16.5. The van der Waals surface area contributed by atoms with Crippen LogP contribution in [0.2, 0.25) is 0 Å². The molecule has 0 spiro atoms. The summed E-state index contributed by atoms with van der Waals surface area (Å²) in [6.45, 7) is 1.68. The van der Waals surface area contributed by atoms with Crippen LogP contribution in [0.1, 0.15) is 47.5 Å². The number of nitrogens with one attached hydrogen (secondary N) is 1. The average Bonchev–Trinajstić information content (AvgIpc) is 3.34. The monoisotopic (exact) mass is 369 g/mol. The van der Waals surface area contributed by atoms with Gasteiger partial charge in [-0.05, 0) is 50.7 Å². The smallest absolute Gasteiger partial charge is 0.292 e. The number of ether oxygens (including phenoxy) is 2. The third kappa shape index (κ3) is 3.11. The Balaban J connectivity index is 1.28. The van der Waals surface area contributed by atoms with Crippen LogP contribution in [0.15, 0.2) is 22.7 Å². The van der Waals surface area contributed by atoms with Gasteiger partial charge in [0.1, 0.15) is 0 Å². The maximum Gasteiger partial charge on any atom is 0.292 e. The van der Waals surface area contributed by atoms with Crippen molar-refractivity contribution in [1.82, 2.24) is 10.1 Å². The summed E-state index contributed by atoms with van der Waals surface area (Å²) >= 11 is 0. The molecule has 1 aliphatic carbocycles. The van der Waals surface area contributed by atoms with Crippen molar-refractivity contribution in [2.45, 2.75) is 44.6 Å². The molecule has 0 saturated carbocycles. The summed E-state index contributed by atoms with van der Waals surface area (Å²) in [6.07, 6.45) is 6.02. The summed E-state index contributed by atoms with van der Waals surface area (Å²) in [5.41, 5.74) is 2.98. The molecule has 0 bridgehead atoms. The topological polar surface area (TPSA) is 76.8 Å². The molecule has 1 unspecified atom stereocenters. The second-order valence-electron chi connectivity index (χ2n) is 7.45. The normalized spacial score (nSPS) is 21.0. The fraction of sp³-hybridized carbons (Fsp3) is 0.500. The van der Waals surface area contributed by atoms with Crippen LogP contribution in [0.25, 0.3) is 0 Å². The predicted octanol–water partition coefficient (Wildman–Crippen LogP) is 3.00. The van der Waals surface area contributed by atoms with Crippen molar-refractivity contribution in [3.8, 4) is 11.5 Å². The second-order valence-corrected chi connectivity index (χ2v) is 7.45. The van der Waals surface area contributed by atoms with Crippen LogP contribution in [0.3, 0.4) is 0 Å². The molecule has 1 N–H and O–H groups in total. The number of benzene rings is 1. The van der Waals surface area contributed by atoms with Gasteiger partial charge in [-0.2, -0.15) is 0 Å². The zero-order valence-corrected chi connectivity index (χ0v) is 15.2. The Morgan fingerprint density at radius 2 is 2.04 bits per heavy atom. The van der Waals surface area contributed by atoms with E-state index in [1.807, 2.05) is 23.1 Å². The largest absolute Gasteiger partial charge is 0.454 e. The van der Waals surface area contributed by atoms with Crippen LogP contribution in [-0.4, -0.2) is 41.9 Å². The number of carbonyl (C=O) groups excluding carboxylic acids is 1. The minimum absolute atomic E-state index is 0.0252. The Hall–Kier alpha value is -2.70. The molecule has 7 nitrogen and oxygen atoms in total. The molecule has 7 heteroatoms. The number of carbonyl (C=O) groups is 1. The van der Waals surface area contributed by atoms with Gasteiger partial charge in [0.05, 0.1) is 5.69 Å². The Labute approximate surface area is 157 Å². The Bertz CT molecular complexity index is 863. The van der Waals surface area contributed by atoms with E-state index < -0.39 is 0 Å². The molecule has 1 atom stereocenters. The lowest BCUT2D eigenvalue weighted by Gasteiger charge is -2.33. The second kappa shape index (κ2) is 6.79. The molecule has 5 rings (SSSR count). The minimum Gasteiger partial charge on any atom is -0.454 e. The third-order valence-electron chi connectivity index (χ3n) is 5.61. The number of nitrogens with zero attached hydrogens (tertiary/aromatic N) is 2. The number of hydrogen-bond acceptors (Lipinski definition) is 6. The molecule has 1 amide bonds. The highest BCUT2D eigenvalue weighted by Gasteiger charge is 2.31. The lowest BCUT2D eigenvalue weighted by Crippen LogP contribution is -2.45. The van der Waals surface area contributed by atoms with E-state index in [1.54, 1.807) is 0 Å². The van der Waals surface area contributed by atoms with E-state index >= 15 is 0 Å². The molecular weight excluding hydrogens is 346 g/mol. The van der Waals surface area contributed by atoms with Crippen LogP contribution in [0.4, 0.5) is 5.69 Å². The molecule has 1 aromatic heterocycles. The van der Waals surface area contributed by atoms with E-state index in [0.717, 1.165) is 73.5 Å². The highest BCUT2D eigenvalue weighted by atomic mass is 16.7. The molecule has 1 saturated heterocycles. The summed E-state index contributed by atoms with van der Waals surface area (Å²) in [7, 11) is 0. The first-order valence-corrected chi connectivity index (χ1v) is 9.71. The molecular formula is C20H23N3O4. The van der Waals surface area contributed by atoms with Crippen molar-refractivity contribution in [2.24, 2.45) is 0 Å². The van der Waals surface area contributed by atoms with Gasteiger partial charge in [-0.3, -0.25) is 4.79 Å². The van der Waals surface area contributed by atoms with Crippen molar-refractivity contribution in [3.63, 3.8) is 0 Å². The first-order chi connectivity index (χ1) is 13.3. The summed E-state index contributed by atoms with van der Waals surface area (Å²) in [4.78, 5) is 14.9. The molecule has 142 valence electrons. The number of likely N-dealkylation sites (tertiary alicyclic amines) is 1. The van der Waals surface area contributed by atoms with E-state index in [9.17, 15) is 4.79 Å². The fourth-order valence-corrected chi connectivity index (χ4v) is 4.20. The van der Waals surface area contributed by atoms with Gasteiger partial charge in [-0.15, -0.1) is 0 Å². The Morgan fingerprint density at radius 3 is 3.00 bits per heavy atom. The van der Waals surface area contributed by atoms with Gasteiger partial charge in [0.15, 0.2) is 11.5 Å². The van der Waals surface area contributed by atoms with Crippen LogP contribution in [-0.2, 0) is 12.8 Å². The number of amides is 1. The van der Waals surface area contributed by atoms with Crippen molar-refractivity contribution < 1.29 is 18.8 Å². The van der Waals surface area contributed by atoms with Gasteiger partial charge in [-0.25, -0.2) is 0 Å². The number of aromatic nitrogens is 1. The van der Waals surface area contributed by atoms with Gasteiger partial charge in [0.25, 0.3) is 5.91 Å². The lowest BCUT2D eigenvalue weighted by molar-refractivity contribution is 0.0671. The van der Waals surface area contributed by atoms with E-state index in [-0.39, 0.29) is 18.7 Å². The van der Waals surface area contributed by atoms with Crippen LogP contribution in [0.5, 0.6) is 11.5 Å². The quantitative estimate of drug-likeness (QED) is 0.896. The predicted molar refractivity (Wildman–Crippen MR) is 98.3 cm³/mol. The van der Waals surface area contributed by atoms with E-state index in [2.05, 4.69) is 10.5 Å². The SMILES string of the molecule is O=C(c1onc2c1CCCC2)N1CCCC(Nc2ccc3c(c2)OCO3)C1. The van der Waals surface area contributed by atoms with Crippen LogP contribution in [0, 0.1) is 0 Å². The van der Waals surface area contributed by atoms with Gasteiger partial charge >= 0.3 is 0 Å². The van der Waals surface area contributed by atoms with Gasteiger partial charge in [-0.1, -0.05) is 5.16 Å². The van der Waals surface area contributed by atoms with Crippen molar-refractivity contribution in [2.75, 3.05) is 25.2 Å². The molecule has 1 aromatic carbocycles. The van der Waals surface area contributed by atoms with Crippen LogP contribution >= 0.6 is 0 Å². The van der Waals surface area contributed by atoms with Crippen LogP contribution < -0.4 is 14.8 Å². The number of aryl methyl sites for hydroxylation is 1. The molecule has 27 heavy (non-hydrogen) atoms. The minimum atomic E-state index is -0.0252. The number of piperidine rings is 1. The van der Waals surface area contributed by atoms with Crippen molar-refractivity contribution in [3.05, 3.63) is 35.2 Å². The zero-order valence-electron chi connectivity index (χ0n) is 15.2. The van der Waals surface area contributed by atoms with Crippen molar-refractivity contribution in [1.29, 1.82) is 0 Å². The summed E-state index contributed by atoms with van der Waals surface area (Å²) < 4.78 is 16.2. The van der Waals surface area contributed by atoms with Gasteiger partial charge in [0, 0.05) is 36.4 Å². The number of hydrogen-bond donors (Lipinski definition) is 1. The average molecular weight is 369 g/mol. The van der Waals surface area contributed by atoms with Gasteiger partial charge < -0.3 is 24.2 Å². The van der Waals surface area contributed by atoms with E-state index in [4.69, 9.17) is 14.0 Å². The van der Waals surface area contributed by atoms with Crippen molar-refractivity contribution >= 4 is 11.6 Å². The fourth-order valence-electron chi connectivity index (χ4n) is 4.20. The maximum absolute atomic E-state index is 13.0.